The van der Waals surface area contributed by atoms with E-state index >= 15 is 0 Å². The Morgan fingerprint density at radius 3 is 2.71 bits per heavy atom. The lowest BCUT2D eigenvalue weighted by atomic mass is 10.1. The standard InChI is InChI=1S/C12H16N2S.2ClH/c1-2-12-14-10-6-5-9(4-3-7-13)8-11(10)15-12;;/h5-6,8H,2-4,7,13H2,1H3;2*1H. The summed E-state index contributed by atoms with van der Waals surface area (Å²) in [6.07, 6.45) is 3.16. The van der Waals surface area contributed by atoms with Gasteiger partial charge in [0.15, 0.2) is 0 Å². The molecule has 96 valence electrons. The van der Waals surface area contributed by atoms with Crippen LogP contribution in [-0.2, 0) is 12.8 Å². The molecule has 0 spiro atoms. The highest BCUT2D eigenvalue weighted by atomic mass is 35.5. The Kier molecular flexibility index (Phi) is 7.71. The van der Waals surface area contributed by atoms with Crippen molar-refractivity contribution >= 4 is 46.4 Å². The highest BCUT2D eigenvalue weighted by Gasteiger charge is 2.02. The average Bonchev–Trinajstić information content (AvgIpc) is 2.68. The fraction of sp³-hybridized carbons (Fsp3) is 0.417. The van der Waals surface area contributed by atoms with Crippen LogP contribution in [0.2, 0.25) is 0 Å². The van der Waals surface area contributed by atoms with E-state index in [1.807, 2.05) is 0 Å². The number of aromatic nitrogens is 1. The van der Waals surface area contributed by atoms with Gasteiger partial charge in [-0.05, 0) is 43.5 Å². The first-order chi connectivity index (χ1) is 7.33. The molecule has 2 aromatic rings. The second-order valence-electron chi connectivity index (χ2n) is 3.66. The third-order valence-electron chi connectivity index (χ3n) is 2.47. The van der Waals surface area contributed by atoms with E-state index < -0.39 is 0 Å². The summed E-state index contributed by atoms with van der Waals surface area (Å²) in [6, 6.07) is 6.54. The molecule has 0 amide bonds. The van der Waals surface area contributed by atoms with Crippen LogP contribution in [-0.4, -0.2) is 11.5 Å². The molecule has 2 rings (SSSR count). The van der Waals surface area contributed by atoms with Gasteiger partial charge in [-0.1, -0.05) is 13.0 Å². The quantitative estimate of drug-likeness (QED) is 0.935. The number of hydrogen-bond acceptors (Lipinski definition) is 3. The molecule has 1 heterocycles. The molecule has 0 saturated heterocycles. The van der Waals surface area contributed by atoms with Gasteiger partial charge in [0, 0.05) is 0 Å². The van der Waals surface area contributed by atoms with Gasteiger partial charge in [-0.25, -0.2) is 4.98 Å². The lowest BCUT2D eigenvalue weighted by Gasteiger charge is -1.98. The molecule has 1 aromatic heterocycles. The minimum Gasteiger partial charge on any atom is -0.330 e. The fourth-order valence-electron chi connectivity index (χ4n) is 1.63. The topological polar surface area (TPSA) is 38.9 Å². The van der Waals surface area contributed by atoms with E-state index in [0.29, 0.717) is 0 Å². The summed E-state index contributed by atoms with van der Waals surface area (Å²) in [5, 5.41) is 1.22. The molecule has 0 saturated carbocycles. The molecule has 5 heteroatoms. The van der Waals surface area contributed by atoms with E-state index in [0.717, 1.165) is 31.3 Å². The molecule has 0 fully saturated rings. The molecule has 17 heavy (non-hydrogen) atoms. The molecular weight excluding hydrogens is 275 g/mol. The Bertz CT molecular complexity index is 457. The highest BCUT2D eigenvalue weighted by molar-refractivity contribution is 7.18. The lowest BCUT2D eigenvalue weighted by Crippen LogP contribution is -1.99. The van der Waals surface area contributed by atoms with E-state index in [-0.39, 0.29) is 24.8 Å². The van der Waals surface area contributed by atoms with Gasteiger partial charge in [0.25, 0.3) is 0 Å². The number of nitrogens with zero attached hydrogens (tertiary/aromatic N) is 1. The van der Waals surface area contributed by atoms with Gasteiger partial charge in [0.2, 0.25) is 0 Å². The molecule has 0 aliphatic carbocycles. The first-order valence-corrected chi connectivity index (χ1v) is 6.23. The van der Waals surface area contributed by atoms with Crippen LogP contribution in [0.15, 0.2) is 18.2 Å². The predicted octanol–water partition coefficient (Wildman–Crippen LogP) is 3.59. The van der Waals surface area contributed by atoms with Crippen molar-refractivity contribution in [1.82, 2.24) is 4.98 Å². The summed E-state index contributed by atoms with van der Waals surface area (Å²) in [6.45, 7) is 2.91. The maximum Gasteiger partial charge on any atom is 0.0935 e. The molecule has 0 atom stereocenters. The van der Waals surface area contributed by atoms with E-state index in [1.165, 1.54) is 15.3 Å². The SMILES string of the molecule is CCc1nc2ccc(CCCN)cc2s1.Cl.Cl. The zero-order valence-corrected chi connectivity index (χ0v) is 12.3. The van der Waals surface area contributed by atoms with Crippen LogP contribution in [0, 0.1) is 0 Å². The second kappa shape index (κ2) is 7.88. The number of halogens is 2. The van der Waals surface area contributed by atoms with Crippen molar-refractivity contribution in [2.24, 2.45) is 5.73 Å². The van der Waals surface area contributed by atoms with Crippen LogP contribution >= 0.6 is 36.2 Å². The summed E-state index contributed by atoms with van der Waals surface area (Å²) < 4.78 is 1.31. The van der Waals surface area contributed by atoms with Gasteiger partial charge < -0.3 is 5.73 Å². The number of aryl methyl sites for hydroxylation is 2. The second-order valence-corrected chi connectivity index (χ2v) is 4.77. The number of thiazole rings is 1. The lowest BCUT2D eigenvalue weighted by molar-refractivity contribution is 0.833. The van der Waals surface area contributed by atoms with Gasteiger partial charge in [-0.3, -0.25) is 0 Å². The monoisotopic (exact) mass is 292 g/mol. The Labute approximate surface area is 118 Å². The summed E-state index contributed by atoms with van der Waals surface area (Å²) in [4.78, 5) is 4.55. The van der Waals surface area contributed by atoms with Gasteiger partial charge in [-0.2, -0.15) is 0 Å². The largest absolute Gasteiger partial charge is 0.330 e. The molecule has 0 bridgehead atoms. The van der Waals surface area contributed by atoms with Crippen LogP contribution in [0.5, 0.6) is 0 Å². The van der Waals surface area contributed by atoms with E-state index in [4.69, 9.17) is 5.73 Å². The van der Waals surface area contributed by atoms with Gasteiger partial charge in [0.1, 0.15) is 0 Å². The average molecular weight is 293 g/mol. The summed E-state index contributed by atoms with van der Waals surface area (Å²) in [5.41, 5.74) is 8.01. The van der Waals surface area contributed by atoms with Crippen molar-refractivity contribution in [2.45, 2.75) is 26.2 Å². The first kappa shape index (κ1) is 16.6. The molecule has 0 radical (unpaired) electrons. The van der Waals surface area contributed by atoms with E-state index in [1.54, 1.807) is 11.3 Å². The first-order valence-electron chi connectivity index (χ1n) is 5.42. The third kappa shape index (κ3) is 4.11. The fourth-order valence-corrected chi connectivity index (χ4v) is 2.60. The van der Waals surface area contributed by atoms with Crippen molar-refractivity contribution in [2.75, 3.05) is 6.54 Å². The molecule has 2 nitrogen and oxygen atoms in total. The number of fused-ring (bicyclic) bond motifs is 1. The third-order valence-corrected chi connectivity index (χ3v) is 3.63. The van der Waals surface area contributed by atoms with Crippen LogP contribution in [0.25, 0.3) is 10.2 Å². The highest BCUT2D eigenvalue weighted by Crippen LogP contribution is 2.23. The van der Waals surface area contributed by atoms with Crippen molar-refractivity contribution in [3.05, 3.63) is 28.8 Å². The minimum absolute atomic E-state index is 0. The summed E-state index contributed by atoms with van der Waals surface area (Å²) in [5.74, 6) is 0. The maximum atomic E-state index is 5.50. The van der Waals surface area contributed by atoms with Crippen LogP contribution in [0.4, 0.5) is 0 Å². The Hall–Kier alpha value is -0.350. The van der Waals surface area contributed by atoms with Gasteiger partial charge in [-0.15, -0.1) is 36.2 Å². The Morgan fingerprint density at radius 2 is 2.06 bits per heavy atom. The Balaban J connectivity index is 0.00000128. The maximum absolute atomic E-state index is 5.50. The molecule has 0 unspecified atom stereocenters. The normalized spacial score (nSPS) is 9.76. The van der Waals surface area contributed by atoms with E-state index in [2.05, 4.69) is 30.1 Å². The molecule has 2 N–H and O–H groups in total. The zero-order chi connectivity index (χ0) is 10.7. The smallest absolute Gasteiger partial charge is 0.0935 e. The van der Waals surface area contributed by atoms with E-state index in [9.17, 15) is 0 Å². The van der Waals surface area contributed by atoms with Crippen molar-refractivity contribution in [3.63, 3.8) is 0 Å². The van der Waals surface area contributed by atoms with Gasteiger partial charge in [0.05, 0.1) is 15.2 Å². The molecular formula is C12H18Cl2N2S. The van der Waals surface area contributed by atoms with Crippen LogP contribution in [0.1, 0.15) is 23.9 Å². The summed E-state index contributed by atoms with van der Waals surface area (Å²) in [7, 11) is 0. The van der Waals surface area contributed by atoms with Crippen LogP contribution in [0.3, 0.4) is 0 Å². The number of hydrogen-bond donors (Lipinski definition) is 1. The van der Waals surface area contributed by atoms with Crippen molar-refractivity contribution < 1.29 is 0 Å². The van der Waals surface area contributed by atoms with Crippen LogP contribution < -0.4 is 5.73 Å². The number of nitrogens with two attached hydrogens (primary N) is 1. The van der Waals surface area contributed by atoms with Crippen molar-refractivity contribution in [1.29, 1.82) is 0 Å². The molecule has 0 aliphatic rings. The molecule has 1 aromatic carbocycles. The minimum atomic E-state index is 0. The number of rotatable bonds is 4. The van der Waals surface area contributed by atoms with Gasteiger partial charge >= 0.3 is 0 Å². The molecule has 0 aliphatic heterocycles. The number of benzene rings is 1. The zero-order valence-electron chi connectivity index (χ0n) is 9.81. The predicted molar refractivity (Wildman–Crippen MR) is 80.9 cm³/mol. The Morgan fingerprint density at radius 1 is 1.29 bits per heavy atom. The summed E-state index contributed by atoms with van der Waals surface area (Å²) >= 11 is 1.80. The van der Waals surface area contributed by atoms with Crippen molar-refractivity contribution in [3.8, 4) is 0 Å².